The number of hydrogen-bond acceptors (Lipinski definition) is 2. The SMILES string of the molecule is CCCCC1CCC(C2CCC(CCCC)C(O)C2)CC1O. The summed E-state index contributed by atoms with van der Waals surface area (Å²) in [5.74, 6) is 2.41. The molecule has 22 heavy (non-hydrogen) atoms. The summed E-state index contributed by atoms with van der Waals surface area (Å²) in [5, 5.41) is 20.9. The van der Waals surface area contributed by atoms with Crippen molar-refractivity contribution in [2.75, 3.05) is 0 Å². The van der Waals surface area contributed by atoms with Crippen molar-refractivity contribution in [1.29, 1.82) is 0 Å². The van der Waals surface area contributed by atoms with Crippen molar-refractivity contribution in [3.63, 3.8) is 0 Å². The van der Waals surface area contributed by atoms with Crippen molar-refractivity contribution in [3.8, 4) is 0 Å². The first-order chi connectivity index (χ1) is 10.7. The van der Waals surface area contributed by atoms with E-state index < -0.39 is 0 Å². The van der Waals surface area contributed by atoms with Crippen LogP contribution < -0.4 is 0 Å². The third-order valence-electron chi connectivity index (χ3n) is 6.52. The predicted molar refractivity (Wildman–Crippen MR) is 92.7 cm³/mol. The lowest BCUT2D eigenvalue weighted by Crippen LogP contribution is -2.37. The zero-order chi connectivity index (χ0) is 15.9. The third-order valence-corrected chi connectivity index (χ3v) is 6.52. The summed E-state index contributed by atoms with van der Waals surface area (Å²) in [5.41, 5.74) is 0. The van der Waals surface area contributed by atoms with E-state index in [1.807, 2.05) is 0 Å². The molecule has 0 radical (unpaired) electrons. The quantitative estimate of drug-likeness (QED) is 0.700. The van der Waals surface area contributed by atoms with Crippen LogP contribution in [0.4, 0.5) is 0 Å². The van der Waals surface area contributed by atoms with Gasteiger partial charge in [0.05, 0.1) is 12.2 Å². The first-order valence-electron chi connectivity index (χ1n) is 10.0. The Kier molecular flexibility index (Phi) is 7.70. The smallest absolute Gasteiger partial charge is 0.0571 e. The number of aliphatic hydroxyl groups is 2. The molecule has 2 saturated carbocycles. The second kappa shape index (κ2) is 9.27. The maximum atomic E-state index is 10.5. The van der Waals surface area contributed by atoms with Crippen molar-refractivity contribution < 1.29 is 10.2 Å². The fourth-order valence-electron chi connectivity index (χ4n) is 4.94. The van der Waals surface area contributed by atoms with Crippen LogP contribution in [-0.4, -0.2) is 22.4 Å². The lowest BCUT2D eigenvalue weighted by molar-refractivity contribution is -0.0158. The van der Waals surface area contributed by atoms with Crippen LogP contribution in [0, 0.1) is 23.7 Å². The molecule has 2 N–H and O–H groups in total. The monoisotopic (exact) mass is 310 g/mol. The van der Waals surface area contributed by atoms with Crippen molar-refractivity contribution >= 4 is 0 Å². The van der Waals surface area contributed by atoms with Gasteiger partial charge in [0, 0.05) is 0 Å². The molecule has 0 amide bonds. The molecule has 0 bridgehead atoms. The van der Waals surface area contributed by atoms with Crippen molar-refractivity contribution in [2.24, 2.45) is 23.7 Å². The fraction of sp³-hybridized carbons (Fsp3) is 1.00. The van der Waals surface area contributed by atoms with Gasteiger partial charge in [-0.3, -0.25) is 0 Å². The lowest BCUT2D eigenvalue weighted by atomic mass is 9.66. The molecule has 0 saturated heterocycles. The molecule has 0 spiro atoms. The normalized spacial score (nSPS) is 39.8. The van der Waals surface area contributed by atoms with E-state index in [9.17, 15) is 10.2 Å². The minimum Gasteiger partial charge on any atom is -0.393 e. The van der Waals surface area contributed by atoms with E-state index in [2.05, 4.69) is 13.8 Å². The van der Waals surface area contributed by atoms with Crippen LogP contribution in [0.3, 0.4) is 0 Å². The number of unbranched alkanes of at least 4 members (excludes halogenated alkanes) is 2. The van der Waals surface area contributed by atoms with Crippen molar-refractivity contribution in [3.05, 3.63) is 0 Å². The molecule has 0 heterocycles. The molecule has 2 aliphatic carbocycles. The van der Waals surface area contributed by atoms with E-state index in [0.29, 0.717) is 23.7 Å². The van der Waals surface area contributed by atoms with E-state index in [-0.39, 0.29) is 12.2 Å². The Hall–Kier alpha value is -0.0800. The first-order valence-corrected chi connectivity index (χ1v) is 10.0. The second-order valence-electron chi connectivity index (χ2n) is 8.09. The molecule has 2 rings (SSSR count). The first kappa shape index (κ1) is 18.3. The molecule has 6 atom stereocenters. The number of aliphatic hydroxyl groups excluding tert-OH is 2. The van der Waals surface area contributed by atoms with Gasteiger partial charge in [0.1, 0.15) is 0 Å². The average Bonchev–Trinajstić information content (AvgIpc) is 2.52. The number of rotatable bonds is 7. The average molecular weight is 311 g/mol. The number of hydrogen-bond donors (Lipinski definition) is 2. The maximum absolute atomic E-state index is 10.5. The summed E-state index contributed by atoms with van der Waals surface area (Å²) >= 11 is 0. The highest BCUT2D eigenvalue weighted by atomic mass is 16.3. The molecule has 0 aromatic rings. The predicted octanol–water partition coefficient (Wildman–Crippen LogP) is 4.92. The summed E-state index contributed by atoms with van der Waals surface area (Å²) < 4.78 is 0. The Balaban J connectivity index is 1.77. The van der Waals surface area contributed by atoms with Crippen molar-refractivity contribution in [2.45, 2.75) is 103 Å². The fourth-order valence-corrected chi connectivity index (χ4v) is 4.94. The summed E-state index contributed by atoms with van der Waals surface area (Å²) in [6.45, 7) is 4.47. The molecule has 2 nitrogen and oxygen atoms in total. The largest absolute Gasteiger partial charge is 0.393 e. The Morgan fingerprint density at radius 3 is 1.41 bits per heavy atom. The van der Waals surface area contributed by atoms with Crippen LogP contribution in [0.25, 0.3) is 0 Å². The Morgan fingerprint density at radius 2 is 1.09 bits per heavy atom. The molecule has 6 unspecified atom stereocenters. The van der Waals surface area contributed by atoms with Crippen LogP contribution in [0.2, 0.25) is 0 Å². The highest BCUT2D eigenvalue weighted by Gasteiger charge is 2.37. The van der Waals surface area contributed by atoms with Gasteiger partial charge in [0.2, 0.25) is 0 Å². The molecule has 0 aliphatic heterocycles. The zero-order valence-corrected chi connectivity index (χ0v) is 14.8. The summed E-state index contributed by atoms with van der Waals surface area (Å²) in [7, 11) is 0. The topological polar surface area (TPSA) is 40.5 Å². The van der Waals surface area contributed by atoms with E-state index in [4.69, 9.17) is 0 Å². The molecular formula is C20H38O2. The highest BCUT2D eigenvalue weighted by molar-refractivity contribution is 4.88. The van der Waals surface area contributed by atoms with Gasteiger partial charge in [-0.1, -0.05) is 39.5 Å². The van der Waals surface area contributed by atoms with Gasteiger partial charge in [0.25, 0.3) is 0 Å². The van der Waals surface area contributed by atoms with E-state index in [1.54, 1.807) is 0 Å². The van der Waals surface area contributed by atoms with Crippen LogP contribution >= 0.6 is 0 Å². The Labute approximate surface area is 137 Å². The van der Waals surface area contributed by atoms with Gasteiger partial charge in [-0.25, -0.2) is 0 Å². The van der Waals surface area contributed by atoms with E-state index in [1.165, 1.54) is 64.2 Å². The standard InChI is InChI=1S/C20H38O2/c1-3-5-7-15-9-11-17(13-19(15)21)18-12-10-16(8-6-4-2)20(22)14-18/h15-22H,3-14H2,1-2H3. The zero-order valence-electron chi connectivity index (χ0n) is 14.8. The van der Waals surface area contributed by atoms with Gasteiger partial charge in [0.15, 0.2) is 0 Å². The molecule has 2 aliphatic rings. The molecular weight excluding hydrogens is 272 g/mol. The molecule has 0 aromatic heterocycles. The van der Waals surface area contributed by atoms with Gasteiger partial charge in [-0.2, -0.15) is 0 Å². The third kappa shape index (κ3) is 4.96. The molecule has 2 fully saturated rings. The van der Waals surface area contributed by atoms with Crippen LogP contribution in [-0.2, 0) is 0 Å². The van der Waals surface area contributed by atoms with Gasteiger partial charge in [-0.15, -0.1) is 0 Å². The Morgan fingerprint density at radius 1 is 0.682 bits per heavy atom. The molecule has 2 heteroatoms. The highest BCUT2D eigenvalue weighted by Crippen LogP contribution is 2.43. The van der Waals surface area contributed by atoms with Crippen LogP contribution in [0.5, 0.6) is 0 Å². The lowest BCUT2D eigenvalue weighted by Gasteiger charge is -2.41. The van der Waals surface area contributed by atoms with Gasteiger partial charge < -0.3 is 10.2 Å². The van der Waals surface area contributed by atoms with Gasteiger partial charge in [-0.05, 0) is 75.0 Å². The Bertz CT molecular complexity index is 274. The molecule has 130 valence electrons. The summed E-state index contributed by atoms with van der Waals surface area (Å²) in [6, 6.07) is 0. The van der Waals surface area contributed by atoms with Gasteiger partial charge >= 0.3 is 0 Å². The minimum absolute atomic E-state index is 0.0831. The van der Waals surface area contributed by atoms with Crippen LogP contribution in [0.1, 0.15) is 90.9 Å². The molecule has 0 aromatic carbocycles. The second-order valence-corrected chi connectivity index (χ2v) is 8.09. The maximum Gasteiger partial charge on any atom is 0.0571 e. The summed E-state index contributed by atoms with van der Waals surface area (Å²) in [6.07, 6.45) is 14.2. The minimum atomic E-state index is -0.0831. The van der Waals surface area contributed by atoms with E-state index >= 15 is 0 Å². The summed E-state index contributed by atoms with van der Waals surface area (Å²) in [4.78, 5) is 0. The van der Waals surface area contributed by atoms with Crippen LogP contribution in [0.15, 0.2) is 0 Å². The van der Waals surface area contributed by atoms with E-state index in [0.717, 1.165) is 12.8 Å². The van der Waals surface area contributed by atoms with Crippen molar-refractivity contribution in [1.82, 2.24) is 0 Å².